The zero-order valence-corrected chi connectivity index (χ0v) is 27.7. The average Bonchev–Trinajstić information content (AvgIpc) is 3.57. The van der Waals surface area contributed by atoms with Gasteiger partial charge in [-0.15, -0.1) is 0 Å². The number of aryl methyl sites for hydroxylation is 1. The van der Waals surface area contributed by atoms with Gasteiger partial charge in [-0.25, -0.2) is 9.97 Å². The Morgan fingerprint density at radius 2 is 1.60 bits per heavy atom. The molecule has 5 aromatic rings. The molecule has 0 bridgehead atoms. The van der Waals surface area contributed by atoms with Crippen LogP contribution in [0.3, 0.4) is 0 Å². The molecule has 0 aliphatic heterocycles. The normalized spacial score (nSPS) is 13.4. The quantitative estimate of drug-likeness (QED) is 0.135. The lowest BCUT2D eigenvalue weighted by Crippen LogP contribution is -2.54. The number of carbonyl (C=O) groups excluding carboxylic acids is 3. The van der Waals surface area contributed by atoms with Gasteiger partial charge in [-0.05, 0) is 63.4 Å². The van der Waals surface area contributed by atoms with Gasteiger partial charge in [0.05, 0.1) is 24.0 Å². The van der Waals surface area contributed by atoms with Crippen LogP contribution in [0.15, 0.2) is 97.5 Å². The van der Waals surface area contributed by atoms with E-state index < -0.39 is 35.5 Å². The van der Waals surface area contributed by atoms with Gasteiger partial charge in [-0.1, -0.05) is 72.3 Å². The number of hydrogen-bond acceptors (Lipinski definition) is 6. The molecule has 0 saturated heterocycles. The Morgan fingerprint density at radius 1 is 0.854 bits per heavy atom. The van der Waals surface area contributed by atoms with Crippen molar-refractivity contribution in [3.63, 3.8) is 0 Å². The summed E-state index contributed by atoms with van der Waals surface area (Å²) >= 11 is 0. The SMILES string of the molecule is Cc1ccc(C[C@@H](O)[C@H](Cc2ccccc2)NC(=O)[C@H](Cc2cnc[nH]2)NC(=O)c2ccc3ccccc3n2)c(C(=O)NC(C)(C)C)c1. The summed E-state index contributed by atoms with van der Waals surface area (Å²) in [5.41, 5.74) is 4.00. The van der Waals surface area contributed by atoms with Crippen molar-refractivity contribution in [1.82, 2.24) is 30.9 Å². The molecule has 248 valence electrons. The highest BCUT2D eigenvalue weighted by molar-refractivity contribution is 5.98. The van der Waals surface area contributed by atoms with E-state index in [4.69, 9.17) is 0 Å². The molecule has 0 fully saturated rings. The summed E-state index contributed by atoms with van der Waals surface area (Å²) in [6.07, 6.45) is 2.61. The maximum atomic E-state index is 14.0. The van der Waals surface area contributed by atoms with Crippen LogP contribution in [0.25, 0.3) is 10.9 Å². The van der Waals surface area contributed by atoms with Crippen LogP contribution in [0.5, 0.6) is 0 Å². The summed E-state index contributed by atoms with van der Waals surface area (Å²) in [5.74, 6) is -1.22. The number of hydrogen-bond donors (Lipinski definition) is 5. The topological polar surface area (TPSA) is 149 Å². The minimum absolute atomic E-state index is 0.115. The summed E-state index contributed by atoms with van der Waals surface area (Å²) in [7, 11) is 0. The van der Waals surface area contributed by atoms with Gasteiger partial charge in [0, 0.05) is 41.2 Å². The molecule has 5 N–H and O–H groups in total. The second-order valence-electron chi connectivity index (χ2n) is 13.1. The van der Waals surface area contributed by atoms with Gasteiger partial charge in [-0.2, -0.15) is 0 Å². The molecular weight excluding hydrogens is 604 g/mol. The number of carbonyl (C=O) groups is 3. The molecule has 3 aromatic carbocycles. The highest BCUT2D eigenvalue weighted by Gasteiger charge is 2.30. The Labute approximate surface area is 280 Å². The first-order chi connectivity index (χ1) is 22.9. The van der Waals surface area contributed by atoms with Crippen molar-refractivity contribution in [1.29, 1.82) is 0 Å². The number of nitrogens with zero attached hydrogens (tertiary/aromatic N) is 2. The molecule has 0 saturated carbocycles. The molecule has 2 heterocycles. The third-order valence-electron chi connectivity index (χ3n) is 7.95. The lowest BCUT2D eigenvalue weighted by molar-refractivity contribution is -0.124. The summed E-state index contributed by atoms with van der Waals surface area (Å²) in [6.45, 7) is 7.65. The molecule has 10 heteroatoms. The maximum absolute atomic E-state index is 14.0. The summed E-state index contributed by atoms with van der Waals surface area (Å²) in [4.78, 5) is 52.3. The highest BCUT2D eigenvalue weighted by atomic mass is 16.3. The Balaban J connectivity index is 1.40. The number of aliphatic hydroxyl groups is 1. The number of para-hydroxylation sites is 1. The van der Waals surface area contributed by atoms with Gasteiger partial charge in [0.25, 0.3) is 11.8 Å². The first-order valence-electron chi connectivity index (χ1n) is 16.0. The summed E-state index contributed by atoms with van der Waals surface area (Å²) in [6, 6.07) is 24.3. The van der Waals surface area contributed by atoms with Gasteiger partial charge in [-0.3, -0.25) is 14.4 Å². The largest absolute Gasteiger partial charge is 0.391 e. The first kappa shape index (κ1) is 34.0. The fraction of sp³-hybridized carbons (Fsp3) is 0.289. The molecule has 0 aliphatic carbocycles. The number of nitrogens with one attached hydrogen (secondary N) is 4. The van der Waals surface area contributed by atoms with Crippen molar-refractivity contribution in [3.8, 4) is 0 Å². The standard InChI is InChI=1S/C38H42N6O4/c1-24-14-15-27(29(18-24)35(46)44-38(2,3)4)20-34(45)32(19-25-10-6-5-7-11-25)42-37(48)33(21-28-22-39-23-40-28)43-36(47)31-17-16-26-12-8-9-13-30(26)41-31/h5-18,22-23,32-34,45H,19-21H2,1-4H3,(H,39,40)(H,42,48)(H,43,47)(H,44,46)/t32-,33-,34+/m0/s1. The zero-order valence-electron chi connectivity index (χ0n) is 27.7. The number of aromatic nitrogens is 3. The van der Waals surface area contributed by atoms with Crippen LogP contribution in [0.1, 0.15) is 64.0 Å². The lowest BCUT2D eigenvalue weighted by atomic mass is 9.92. The molecule has 0 radical (unpaired) electrons. The van der Waals surface area contributed by atoms with Crippen molar-refractivity contribution in [3.05, 3.63) is 131 Å². The van der Waals surface area contributed by atoms with Crippen LogP contribution < -0.4 is 16.0 Å². The van der Waals surface area contributed by atoms with Crippen LogP contribution in [-0.2, 0) is 24.1 Å². The Bertz CT molecular complexity index is 1870. The summed E-state index contributed by atoms with van der Waals surface area (Å²) in [5, 5.41) is 21.5. The number of benzene rings is 3. The monoisotopic (exact) mass is 646 g/mol. The van der Waals surface area contributed by atoms with Gasteiger partial charge in [0.2, 0.25) is 5.91 Å². The lowest BCUT2D eigenvalue weighted by Gasteiger charge is -2.28. The number of aliphatic hydroxyl groups excluding tert-OH is 1. The fourth-order valence-electron chi connectivity index (χ4n) is 5.54. The van der Waals surface area contributed by atoms with Crippen LogP contribution in [0.4, 0.5) is 0 Å². The second-order valence-corrected chi connectivity index (χ2v) is 13.1. The van der Waals surface area contributed by atoms with Crippen LogP contribution >= 0.6 is 0 Å². The van der Waals surface area contributed by atoms with Crippen molar-refractivity contribution < 1.29 is 19.5 Å². The van der Waals surface area contributed by atoms with E-state index in [-0.39, 0.29) is 24.4 Å². The number of aromatic amines is 1. The molecule has 5 rings (SSSR count). The fourth-order valence-corrected chi connectivity index (χ4v) is 5.54. The Morgan fingerprint density at radius 3 is 2.33 bits per heavy atom. The first-order valence-corrected chi connectivity index (χ1v) is 16.0. The molecule has 3 atom stereocenters. The summed E-state index contributed by atoms with van der Waals surface area (Å²) < 4.78 is 0. The van der Waals surface area contributed by atoms with E-state index in [1.54, 1.807) is 12.3 Å². The molecule has 0 spiro atoms. The number of amides is 3. The number of H-pyrrole nitrogens is 1. The van der Waals surface area contributed by atoms with Gasteiger partial charge >= 0.3 is 0 Å². The van der Waals surface area contributed by atoms with Crippen molar-refractivity contribution in [2.45, 2.75) is 70.7 Å². The smallest absolute Gasteiger partial charge is 0.270 e. The van der Waals surface area contributed by atoms with E-state index >= 15 is 0 Å². The minimum Gasteiger partial charge on any atom is -0.391 e. The van der Waals surface area contributed by atoms with E-state index in [1.165, 1.54) is 6.33 Å². The van der Waals surface area contributed by atoms with Crippen LogP contribution in [0, 0.1) is 6.92 Å². The van der Waals surface area contributed by atoms with E-state index in [1.807, 2.05) is 107 Å². The Kier molecular flexibility index (Phi) is 10.7. The Hall–Kier alpha value is -5.35. The molecule has 48 heavy (non-hydrogen) atoms. The number of fused-ring (bicyclic) bond motifs is 1. The van der Waals surface area contributed by atoms with E-state index in [0.29, 0.717) is 28.8 Å². The van der Waals surface area contributed by atoms with E-state index in [2.05, 4.69) is 30.9 Å². The number of pyridine rings is 1. The molecular formula is C38H42N6O4. The van der Waals surface area contributed by atoms with Crippen molar-refractivity contribution in [2.24, 2.45) is 0 Å². The predicted molar refractivity (Wildman–Crippen MR) is 185 cm³/mol. The van der Waals surface area contributed by atoms with Crippen LogP contribution in [0.2, 0.25) is 0 Å². The van der Waals surface area contributed by atoms with Crippen molar-refractivity contribution >= 4 is 28.6 Å². The third kappa shape index (κ3) is 9.13. The van der Waals surface area contributed by atoms with E-state index in [0.717, 1.165) is 16.5 Å². The number of rotatable bonds is 12. The van der Waals surface area contributed by atoms with Gasteiger partial charge in [0.1, 0.15) is 11.7 Å². The number of imidazole rings is 1. The average molecular weight is 647 g/mol. The molecule has 10 nitrogen and oxygen atoms in total. The molecule has 3 amide bonds. The van der Waals surface area contributed by atoms with Gasteiger partial charge in [0.15, 0.2) is 0 Å². The van der Waals surface area contributed by atoms with Gasteiger partial charge < -0.3 is 26.0 Å². The molecule has 2 aromatic heterocycles. The second kappa shape index (κ2) is 15.0. The zero-order chi connectivity index (χ0) is 34.3. The predicted octanol–water partition coefficient (Wildman–Crippen LogP) is 4.47. The minimum atomic E-state index is -1.07. The molecule has 0 aliphatic rings. The maximum Gasteiger partial charge on any atom is 0.270 e. The van der Waals surface area contributed by atoms with Crippen LogP contribution in [-0.4, -0.2) is 61.5 Å². The highest BCUT2D eigenvalue weighted by Crippen LogP contribution is 2.19. The molecule has 0 unspecified atom stereocenters. The third-order valence-corrected chi connectivity index (χ3v) is 7.95. The van der Waals surface area contributed by atoms with Crippen molar-refractivity contribution in [2.75, 3.05) is 0 Å². The van der Waals surface area contributed by atoms with E-state index in [9.17, 15) is 19.5 Å².